The fourth-order valence-corrected chi connectivity index (χ4v) is 3.64. The molecular weight excluding hydrogens is 404 g/mol. The van der Waals surface area contributed by atoms with Crippen molar-refractivity contribution in [2.45, 2.75) is 6.42 Å². The van der Waals surface area contributed by atoms with Crippen LogP contribution in [0.5, 0.6) is 0 Å². The van der Waals surface area contributed by atoms with Crippen molar-refractivity contribution < 1.29 is 14.3 Å². The van der Waals surface area contributed by atoms with Gasteiger partial charge in [-0.15, -0.1) is 0 Å². The van der Waals surface area contributed by atoms with Crippen LogP contribution in [0.1, 0.15) is 15.9 Å². The van der Waals surface area contributed by atoms with Gasteiger partial charge in [0.1, 0.15) is 5.82 Å². The Morgan fingerprint density at radius 2 is 1.72 bits per heavy atom. The van der Waals surface area contributed by atoms with Crippen LogP contribution in [0, 0.1) is 0 Å². The van der Waals surface area contributed by atoms with Gasteiger partial charge in [-0.25, -0.2) is 4.98 Å². The van der Waals surface area contributed by atoms with Crippen LogP contribution in [0.3, 0.4) is 0 Å². The van der Waals surface area contributed by atoms with Crippen molar-refractivity contribution in [3.05, 3.63) is 102 Å². The summed E-state index contributed by atoms with van der Waals surface area (Å²) < 4.78 is 13.7. The minimum Gasteiger partial charge on any atom is -0.456 e. The molecule has 0 spiro atoms. The summed E-state index contributed by atoms with van der Waals surface area (Å²) in [6.45, 7) is 0.122. The first-order chi connectivity index (χ1) is 15.7. The molecule has 32 heavy (non-hydrogen) atoms. The predicted octanol–water partition coefficient (Wildman–Crippen LogP) is 4.08. The molecule has 2 aromatic heterocycles. The van der Waals surface area contributed by atoms with Crippen LogP contribution in [0.15, 0.2) is 90.9 Å². The van der Waals surface area contributed by atoms with Gasteiger partial charge in [0.25, 0.3) is 0 Å². The Morgan fingerprint density at radius 1 is 0.938 bits per heavy atom. The number of hydrogen-bond donors (Lipinski definition) is 1. The van der Waals surface area contributed by atoms with Crippen LogP contribution in [-0.4, -0.2) is 27.2 Å². The Balaban J connectivity index is 1.66. The summed E-state index contributed by atoms with van der Waals surface area (Å²) in [6, 6.07) is 22.8. The third-order valence-electron chi connectivity index (χ3n) is 5.19. The number of nitrogens with zero attached hydrogens (tertiary/aromatic N) is 3. The highest BCUT2D eigenvalue weighted by molar-refractivity contribution is 5.93. The predicted molar refractivity (Wildman–Crippen MR) is 120 cm³/mol. The number of primary amides is 1. The maximum absolute atomic E-state index is 11.5. The molecule has 0 aliphatic carbocycles. The Hall–Kier alpha value is -4.39. The van der Waals surface area contributed by atoms with Crippen LogP contribution >= 0.6 is 0 Å². The summed E-state index contributed by atoms with van der Waals surface area (Å²) in [6.07, 6.45) is 4.07. The second-order valence-corrected chi connectivity index (χ2v) is 7.26. The van der Waals surface area contributed by atoms with Crippen molar-refractivity contribution >= 4 is 11.8 Å². The Labute approximate surface area is 184 Å². The van der Waals surface area contributed by atoms with E-state index in [2.05, 4.69) is 9.97 Å². The Bertz CT molecular complexity index is 1280. The van der Waals surface area contributed by atoms with Crippen molar-refractivity contribution in [3.63, 3.8) is 0 Å². The number of hydrogen-bond acceptors (Lipinski definition) is 5. The zero-order valence-corrected chi connectivity index (χ0v) is 17.1. The van der Waals surface area contributed by atoms with Crippen molar-refractivity contribution in [3.8, 4) is 22.8 Å². The molecule has 5 rings (SSSR count). The molecule has 0 saturated carbocycles. The number of carbonyl (C=O) groups excluding carboxylic acids is 1. The fourth-order valence-electron chi connectivity index (χ4n) is 3.64. The number of amides is 1. The van der Waals surface area contributed by atoms with Crippen molar-refractivity contribution in [2.24, 2.45) is 5.73 Å². The average molecular weight is 424 g/mol. The van der Waals surface area contributed by atoms with Crippen LogP contribution in [0.25, 0.3) is 28.7 Å². The van der Waals surface area contributed by atoms with E-state index >= 15 is 0 Å². The normalized spacial score (nSPS) is 13.0. The number of nitrogens with two attached hydrogens (primary N) is 1. The molecule has 1 amide bonds. The molecule has 0 bridgehead atoms. The number of benzene rings is 2. The van der Waals surface area contributed by atoms with Crippen LogP contribution in [0.4, 0.5) is 0 Å². The highest BCUT2D eigenvalue weighted by atomic mass is 16.7. The minimum atomic E-state index is -0.477. The van der Waals surface area contributed by atoms with Crippen molar-refractivity contribution in [1.29, 1.82) is 0 Å². The monoisotopic (exact) mass is 424 g/mol. The molecule has 0 atom stereocenters. The van der Waals surface area contributed by atoms with E-state index < -0.39 is 5.91 Å². The molecule has 7 nitrogen and oxygen atoms in total. The van der Waals surface area contributed by atoms with Crippen LogP contribution in [-0.2, 0) is 15.9 Å². The Morgan fingerprint density at radius 3 is 2.44 bits per heavy atom. The number of imidazole rings is 1. The molecule has 2 N–H and O–H groups in total. The van der Waals surface area contributed by atoms with E-state index in [1.165, 1.54) is 0 Å². The summed E-state index contributed by atoms with van der Waals surface area (Å²) in [5, 5.41) is 0. The lowest BCUT2D eigenvalue weighted by Crippen LogP contribution is -2.10. The second-order valence-electron chi connectivity index (χ2n) is 7.26. The molecule has 7 heteroatoms. The largest absolute Gasteiger partial charge is 0.456 e. The SMILES string of the molecule is NC(=O)c1ccc(-c2ncc(-c3ccccn3)n2C2=C(Cc3ccccc3)OCO2)cc1. The van der Waals surface area contributed by atoms with Gasteiger partial charge < -0.3 is 15.2 Å². The number of aromatic nitrogens is 3. The summed E-state index contributed by atoms with van der Waals surface area (Å²) in [5.74, 6) is 1.45. The molecule has 4 aromatic rings. The lowest BCUT2D eigenvalue weighted by atomic mass is 10.1. The van der Waals surface area contributed by atoms with Gasteiger partial charge in [0, 0.05) is 23.7 Å². The summed E-state index contributed by atoms with van der Waals surface area (Å²) in [5.41, 5.74) is 9.26. The average Bonchev–Trinajstić information content (AvgIpc) is 3.47. The van der Waals surface area contributed by atoms with E-state index in [1.807, 2.05) is 65.2 Å². The quantitative estimate of drug-likeness (QED) is 0.503. The van der Waals surface area contributed by atoms with Gasteiger partial charge >= 0.3 is 0 Å². The molecule has 0 fully saturated rings. The maximum atomic E-state index is 11.5. The van der Waals surface area contributed by atoms with Crippen molar-refractivity contribution in [1.82, 2.24) is 14.5 Å². The van der Waals surface area contributed by atoms with Crippen LogP contribution < -0.4 is 5.73 Å². The summed E-state index contributed by atoms with van der Waals surface area (Å²) in [4.78, 5) is 20.6. The van der Waals surface area contributed by atoms with Gasteiger partial charge in [-0.1, -0.05) is 48.5 Å². The molecule has 0 unspecified atom stereocenters. The molecule has 1 aliphatic rings. The highest BCUT2D eigenvalue weighted by Crippen LogP contribution is 2.34. The van der Waals surface area contributed by atoms with E-state index in [0.29, 0.717) is 29.5 Å². The topological polar surface area (TPSA) is 92.3 Å². The van der Waals surface area contributed by atoms with E-state index in [4.69, 9.17) is 15.2 Å². The molecule has 0 saturated heterocycles. The van der Waals surface area contributed by atoms with Gasteiger partial charge in [0.15, 0.2) is 5.76 Å². The lowest BCUT2D eigenvalue weighted by molar-refractivity contribution is 0.0824. The van der Waals surface area contributed by atoms with Gasteiger partial charge in [-0.3, -0.25) is 14.3 Å². The van der Waals surface area contributed by atoms with Gasteiger partial charge in [-0.05, 0) is 29.8 Å². The molecular formula is C25H20N4O3. The molecule has 2 aromatic carbocycles. The first kappa shape index (κ1) is 19.6. The summed E-state index contributed by atoms with van der Waals surface area (Å²) in [7, 11) is 0. The number of allylic oxidation sites excluding steroid dienone is 1. The molecule has 158 valence electrons. The van der Waals surface area contributed by atoms with Gasteiger partial charge in [0.05, 0.1) is 17.6 Å². The zero-order valence-electron chi connectivity index (χ0n) is 17.1. The molecule has 1 aliphatic heterocycles. The third kappa shape index (κ3) is 3.72. The Kier molecular flexibility index (Phi) is 5.13. The third-order valence-corrected chi connectivity index (χ3v) is 5.19. The number of pyridine rings is 1. The van der Waals surface area contributed by atoms with E-state index in [1.54, 1.807) is 24.5 Å². The van der Waals surface area contributed by atoms with E-state index in [-0.39, 0.29) is 6.79 Å². The maximum Gasteiger partial charge on any atom is 0.248 e. The smallest absolute Gasteiger partial charge is 0.248 e. The van der Waals surface area contributed by atoms with Crippen molar-refractivity contribution in [2.75, 3.05) is 6.79 Å². The number of carbonyl (C=O) groups is 1. The fraction of sp³-hybridized carbons (Fsp3) is 0.0800. The zero-order chi connectivity index (χ0) is 21.9. The first-order valence-corrected chi connectivity index (χ1v) is 10.1. The van der Waals surface area contributed by atoms with Crippen LogP contribution in [0.2, 0.25) is 0 Å². The highest BCUT2D eigenvalue weighted by Gasteiger charge is 2.26. The van der Waals surface area contributed by atoms with Gasteiger partial charge in [0.2, 0.25) is 18.6 Å². The molecule has 3 heterocycles. The van der Waals surface area contributed by atoms with Gasteiger partial charge in [-0.2, -0.15) is 0 Å². The first-order valence-electron chi connectivity index (χ1n) is 10.1. The lowest BCUT2D eigenvalue weighted by Gasteiger charge is -2.13. The number of ether oxygens (including phenoxy) is 2. The standard InChI is InChI=1S/C25H20N4O3/c26-23(30)18-9-11-19(12-10-18)24-28-15-21(20-8-4-5-13-27-20)29(24)25-22(31-16-32-25)14-17-6-2-1-3-7-17/h1-13,15H,14,16H2,(H2,26,30). The minimum absolute atomic E-state index is 0.122. The number of rotatable bonds is 6. The molecule has 0 radical (unpaired) electrons. The van der Waals surface area contributed by atoms with E-state index in [0.717, 1.165) is 22.5 Å². The summed E-state index contributed by atoms with van der Waals surface area (Å²) >= 11 is 0. The second kappa shape index (κ2) is 8.39. The van der Waals surface area contributed by atoms with E-state index in [9.17, 15) is 4.79 Å².